The van der Waals surface area contributed by atoms with Gasteiger partial charge < -0.3 is 14.8 Å². The molecule has 2 atom stereocenters. The predicted molar refractivity (Wildman–Crippen MR) is 155 cm³/mol. The standard InChI is InChI=1S/C30H30N4O4S/c1-18-5-9-20(10-6-18)25-16-26(21-11-7-19(2)8-12-21)34(33-25)30-32-29(36)27(39-30)17-28(35)31-22-13-23(37-3)15-24(14-22)38-4/h5-15,26-27H,16-17H2,1-4H3,(H,31,35)/t26-,27+/m0/s1. The molecule has 3 aromatic carbocycles. The van der Waals surface area contributed by atoms with Crippen LogP contribution in [0.3, 0.4) is 0 Å². The van der Waals surface area contributed by atoms with E-state index in [4.69, 9.17) is 14.6 Å². The zero-order valence-electron chi connectivity index (χ0n) is 22.3. The first-order valence-electron chi connectivity index (χ1n) is 12.7. The number of anilines is 1. The predicted octanol–water partition coefficient (Wildman–Crippen LogP) is 5.50. The molecule has 0 saturated heterocycles. The third kappa shape index (κ3) is 5.98. The molecule has 8 nitrogen and oxygen atoms in total. The second-order valence-corrected chi connectivity index (χ2v) is 10.8. The van der Waals surface area contributed by atoms with Crippen molar-refractivity contribution in [2.45, 2.75) is 38.0 Å². The largest absolute Gasteiger partial charge is 0.497 e. The summed E-state index contributed by atoms with van der Waals surface area (Å²) in [5.41, 5.74) is 5.95. The van der Waals surface area contributed by atoms with Crippen LogP contribution in [0.15, 0.2) is 76.8 Å². The third-order valence-electron chi connectivity index (χ3n) is 6.69. The van der Waals surface area contributed by atoms with Crippen molar-refractivity contribution in [2.75, 3.05) is 19.5 Å². The zero-order chi connectivity index (χ0) is 27.5. The minimum absolute atomic E-state index is 0.0202. The summed E-state index contributed by atoms with van der Waals surface area (Å²) in [6.45, 7) is 4.11. The lowest BCUT2D eigenvalue weighted by atomic mass is 9.97. The Morgan fingerprint density at radius 3 is 2.21 bits per heavy atom. The fourth-order valence-corrected chi connectivity index (χ4v) is 5.58. The third-order valence-corrected chi connectivity index (χ3v) is 7.83. The van der Waals surface area contributed by atoms with Crippen LogP contribution in [0.25, 0.3) is 0 Å². The minimum Gasteiger partial charge on any atom is -0.497 e. The molecule has 200 valence electrons. The van der Waals surface area contributed by atoms with Crippen LogP contribution in [-0.4, -0.2) is 47.2 Å². The average molecular weight is 543 g/mol. The number of aliphatic imine (C=N–C) groups is 1. The van der Waals surface area contributed by atoms with Gasteiger partial charge in [0.15, 0.2) is 5.17 Å². The highest BCUT2D eigenvalue weighted by molar-refractivity contribution is 8.15. The van der Waals surface area contributed by atoms with E-state index in [2.05, 4.69) is 72.7 Å². The van der Waals surface area contributed by atoms with Crippen molar-refractivity contribution in [3.05, 3.63) is 89.0 Å². The van der Waals surface area contributed by atoms with Crippen molar-refractivity contribution in [1.29, 1.82) is 0 Å². The van der Waals surface area contributed by atoms with Gasteiger partial charge in [0.25, 0.3) is 5.91 Å². The Hall–Kier alpha value is -4.11. The molecule has 39 heavy (non-hydrogen) atoms. The molecule has 2 aliphatic rings. The van der Waals surface area contributed by atoms with Gasteiger partial charge in [0.2, 0.25) is 5.91 Å². The lowest BCUT2D eigenvalue weighted by Gasteiger charge is -2.23. The van der Waals surface area contributed by atoms with E-state index in [1.54, 1.807) is 32.4 Å². The molecule has 0 unspecified atom stereocenters. The molecule has 5 rings (SSSR count). The number of amides is 2. The van der Waals surface area contributed by atoms with Gasteiger partial charge in [-0.1, -0.05) is 71.4 Å². The van der Waals surface area contributed by atoms with Crippen molar-refractivity contribution in [3.63, 3.8) is 0 Å². The first-order valence-corrected chi connectivity index (χ1v) is 13.5. The van der Waals surface area contributed by atoms with Crippen molar-refractivity contribution >= 4 is 40.1 Å². The van der Waals surface area contributed by atoms with Gasteiger partial charge in [0.1, 0.15) is 16.7 Å². The molecule has 0 radical (unpaired) electrons. The molecule has 2 heterocycles. The quantitative estimate of drug-likeness (QED) is 0.424. The second-order valence-electron chi connectivity index (χ2n) is 9.58. The first-order chi connectivity index (χ1) is 18.8. The van der Waals surface area contributed by atoms with Gasteiger partial charge in [-0.2, -0.15) is 10.1 Å². The highest BCUT2D eigenvalue weighted by Crippen LogP contribution is 2.39. The summed E-state index contributed by atoms with van der Waals surface area (Å²) in [6, 6.07) is 21.6. The number of hydrazone groups is 1. The van der Waals surface area contributed by atoms with Crippen LogP contribution in [0.5, 0.6) is 11.5 Å². The Morgan fingerprint density at radius 1 is 0.974 bits per heavy atom. The molecule has 9 heteroatoms. The molecule has 0 spiro atoms. The number of nitrogens with one attached hydrogen (secondary N) is 1. The molecular weight excluding hydrogens is 512 g/mol. The Morgan fingerprint density at radius 2 is 1.59 bits per heavy atom. The van der Waals surface area contributed by atoms with E-state index < -0.39 is 5.25 Å². The molecule has 0 aliphatic carbocycles. The van der Waals surface area contributed by atoms with Gasteiger partial charge in [-0.05, 0) is 25.0 Å². The van der Waals surface area contributed by atoms with Gasteiger partial charge in [-0.25, -0.2) is 5.01 Å². The Bertz CT molecular complexity index is 1430. The number of carbonyl (C=O) groups is 2. The number of amidine groups is 1. The van der Waals surface area contributed by atoms with Gasteiger partial charge in [-0.15, -0.1) is 0 Å². The summed E-state index contributed by atoms with van der Waals surface area (Å²) in [4.78, 5) is 30.1. The molecule has 0 fully saturated rings. The van der Waals surface area contributed by atoms with E-state index in [0.29, 0.717) is 28.8 Å². The van der Waals surface area contributed by atoms with Gasteiger partial charge in [0, 0.05) is 36.7 Å². The van der Waals surface area contributed by atoms with Gasteiger partial charge in [0.05, 0.1) is 26.0 Å². The molecule has 0 aromatic heterocycles. The number of hydrogen-bond acceptors (Lipinski definition) is 7. The lowest BCUT2D eigenvalue weighted by Crippen LogP contribution is -2.25. The van der Waals surface area contributed by atoms with Gasteiger partial charge in [-0.3, -0.25) is 9.59 Å². The summed E-state index contributed by atoms with van der Waals surface area (Å²) < 4.78 is 10.5. The Kier molecular flexibility index (Phi) is 7.70. The van der Waals surface area contributed by atoms with Crippen molar-refractivity contribution in [2.24, 2.45) is 10.1 Å². The Balaban J connectivity index is 1.33. The molecule has 0 bridgehead atoms. The van der Waals surface area contributed by atoms with E-state index in [1.165, 1.54) is 22.9 Å². The normalized spacial score (nSPS) is 18.6. The lowest BCUT2D eigenvalue weighted by molar-refractivity contribution is -0.121. The summed E-state index contributed by atoms with van der Waals surface area (Å²) in [5.74, 6) is 0.475. The number of hydrogen-bond donors (Lipinski definition) is 1. The zero-order valence-corrected chi connectivity index (χ0v) is 23.1. The maximum atomic E-state index is 12.9. The fourth-order valence-electron chi connectivity index (χ4n) is 4.52. The molecule has 3 aromatic rings. The molecule has 2 aliphatic heterocycles. The second kappa shape index (κ2) is 11.3. The molecular formula is C30H30N4O4S. The number of rotatable bonds is 7. The van der Waals surface area contributed by atoms with E-state index in [0.717, 1.165) is 16.8 Å². The maximum absolute atomic E-state index is 12.9. The molecule has 1 N–H and O–H groups in total. The number of thioether (sulfide) groups is 1. The number of ether oxygens (including phenoxy) is 2. The summed E-state index contributed by atoms with van der Waals surface area (Å²) in [6.07, 6.45) is 0.663. The van der Waals surface area contributed by atoms with Gasteiger partial charge >= 0.3 is 0 Å². The van der Waals surface area contributed by atoms with E-state index in [9.17, 15) is 9.59 Å². The van der Waals surface area contributed by atoms with Crippen LogP contribution in [0, 0.1) is 13.8 Å². The van der Waals surface area contributed by atoms with Crippen LogP contribution in [0.4, 0.5) is 5.69 Å². The minimum atomic E-state index is -0.634. The maximum Gasteiger partial charge on any atom is 0.262 e. The van der Waals surface area contributed by atoms with Crippen molar-refractivity contribution in [3.8, 4) is 11.5 Å². The summed E-state index contributed by atoms with van der Waals surface area (Å²) in [7, 11) is 3.09. The average Bonchev–Trinajstić information content (AvgIpc) is 3.53. The smallest absolute Gasteiger partial charge is 0.262 e. The SMILES string of the molecule is COc1cc(NC(=O)C[C@H]2SC(N3N=C(c4ccc(C)cc4)C[C@H]3c3ccc(C)cc3)=NC2=O)cc(OC)c1. The van der Waals surface area contributed by atoms with E-state index in [-0.39, 0.29) is 24.3 Å². The number of methoxy groups -OCH3 is 2. The van der Waals surface area contributed by atoms with Crippen molar-refractivity contribution < 1.29 is 19.1 Å². The van der Waals surface area contributed by atoms with E-state index >= 15 is 0 Å². The van der Waals surface area contributed by atoms with Crippen molar-refractivity contribution in [1.82, 2.24) is 5.01 Å². The van der Waals surface area contributed by atoms with Crippen LogP contribution < -0.4 is 14.8 Å². The number of benzene rings is 3. The van der Waals surface area contributed by atoms with E-state index in [1.807, 2.05) is 5.01 Å². The Labute approximate surface area is 232 Å². The summed E-state index contributed by atoms with van der Waals surface area (Å²) >= 11 is 1.28. The van der Waals surface area contributed by atoms with Crippen LogP contribution >= 0.6 is 11.8 Å². The number of carbonyl (C=O) groups excluding carboxylic acids is 2. The fraction of sp³-hybridized carbons (Fsp3) is 0.267. The summed E-state index contributed by atoms with van der Waals surface area (Å²) in [5, 5.41) is 9.48. The number of aryl methyl sites for hydroxylation is 2. The highest BCUT2D eigenvalue weighted by Gasteiger charge is 2.39. The molecule has 2 amide bonds. The monoisotopic (exact) mass is 542 g/mol. The topological polar surface area (TPSA) is 92.6 Å². The molecule has 0 saturated carbocycles. The van der Waals surface area contributed by atoms with Crippen LogP contribution in [-0.2, 0) is 9.59 Å². The van der Waals surface area contributed by atoms with Crippen LogP contribution in [0.2, 0.25) is 0 Å². The number of nitrogens with zero attached hydrogens (tertiary/aromatic N) is 3. The van der Waals surface area contributed by atoms with Crippen LogP contribution in [0.1, 0.15) is 41.1 Å². The highest BCUT2D eigenvalue weighted by atomic mass is 32.2. The first kappa shape index (κ1) is 26.5.